The van der Waals surface area contributed by atoms with E-state index < -0.39 is 0 Å². The summed E-state index contributed by atoms with van der Waals surface area (Å²) in [5, 5.41) is 0.530. The van der Waals surface area contributed by atoms with Gasteiger partial charge in [0.25, 0.3) is 5.56 Å². The summed E-state index contributed by atoms with van der Waals surface area (Å²) in [7, 11) is 3.13. The fraction of sp³-hybridized carbons (Fsp3) is 0.200. The number of rotatable bonds is 0. The Morgan fingerprint density at radius 2 is 1.80 bits per heavy atom. The van der Waals surface area contributed by atoms with Gasteiger partial charge in [-0.2, -0.15) is 0 Å². The molecule has 0 unspecified atom stereocenters. The van der Waals surface area contributed by atoms with E-state index in [0.29, 0.717) is 15.4 Å². The van der Waals surface area contributed by atoms with Crippen LogP contribution in [0, 0.1) is 0 Å². The van der Waals surface area contributed by atoms with Gasteiger partial charge in [0, 0.05) is 18.6 Å². The third kappa shape index (κ3) is 1.34. The van der Waals surface area contributed by atoms with Crippen molar-refractivity contribution in [1.82, 2.24) is 9.13 Å². The molecule has 0 atom stereocenters. The van der Waals surface area contributed by atoms with Gasteiger partial charge in [0.1, 0.15) is 0 Å². The van der Waals surface area contributed by atoms with Crippen molar-refractivity contribution in [2.45, 2.75) is 0 Å². The molecule has 2 aromatic rings. The van der Waals surface area contributed by atoms with E-state index in [4.69, 9.17) is 0 Å². The van der Waals surface area contributed by atoms with Crippen LogP contribution in [-0.2, 0) is 14.1 Å². The van der Waals surface area contributed by atoms with E-state index >= 15 is 0 Å². The first-order chi connectivity index (χ1) is 7.04. The zero-order chi connectivity index (χ0) is 11.2. The first kappa shape index (κ1) is 10.2. The number of halogens is 1. The van der Waals surface area contributed by atoms with E-state index in [9.17, 15) is 9.59 Å². The molecule has 0 radical (unpaired) electrons. The van der Waals surface area contributed by atoms with E-state index in [0.717, 1.165) is 4.57 Å². The van der Waals surface area contributed by atoms with Crippen molar-refractivity contribution in [2.75, 3.05) is 0 Å². The second-order valence-corrected chi connectivity index (χ2v) is 4.19. The predicted molar refractivity (Wildman–Crippen MR) is 62.1 cm³/mol. The molecule has 0 fully saturated rings. The van der Waals surface area contributed by atoms with Gasteiger partial charge in [-0.05, 0) is 28.1 Å². The molecule has 0 saturated carbocycles. The summed E-state index contributed by atoms with van der Waals surface area (Å²) in [6.45, 7) is 0. The molecule has 0 spiro atoms. The summed E-state index contributed by atoms with van der Waals surface area (Å²) in [6, 6.07) is 5.34. The highest BCUT2D eigenvalue weighted by Gasteiger charge is 2.09. The Bertz CT molecular complexity index is 655. The molecule has 5 heteroatoms. The highest BCUT2D eigenvalue weighted by atomic mass is 79.9. The fourth-order valence-electron chi connectivity index (χ4n) is 1.59. The largest absolute Gasteiger partial charge is 0.330 e. The lowest BCUT2D eigenvalue weighted by atomic mass is 10.2. The van der Waals surface area contributed by atoms with E-state index in [-0.39, 0.29) is 11.2 Å². The second-order valence-electron chi connectivity index (χ2n) is 3.34. The minimum absolute atomic E-state index is 0.277. The molecular weight excluding hydrogens is 260 g/mol. The first-order valence-corrected chi connectivity index (χ1v) is 5.17. The van der Waals surface area contributed by atoms with Crippen LogP contribution in [-0.4, -0.2) is 9.13 Å². The van der Waals surface area contributed by atoms with Gasteiger partial charge in [-0.3, -0.25) is 13.9 Å². The quantitative estimate of drug-likeness (QED) is 0.716. The summed E-state index contributed by atoms with van der Waals surface area (Å²) in [4.78, 5) is 23.5. The van der Waals surface area contributed by atoms with Crippen LogP contribution in [0.1, 0.15) is 0 Å². The average Bonchev–Trinajstić information content (AvgIpc) is 2.23. The molecule has 2 rings (SSSR count). The summed E-state index contributed by atoms with van der Waals surface area (Å²) in [5.74, 6) is 0. The molecule has 15 heavy (non-hydrogen) atoms. The highest BCUT2D eigenvalue weighted by molar-refractivity contribution is 9.10. The Morgan fingerprint density at radius 1 is 1.13 bits per heavy atom. The Morgan fingerprint density at radius 3 is 2.47 bits per heavy atom. The maximum absolute atomic E-state index is 11.8. The van der Waals surface area contributed by atoms with Crippen molar-refractivity contribution in [2.24, 2.45) is 14.1 Å². The number of hydrogen-bond donors (Lipinski definition) is 0. The standard InChI is InChI=1S/C10H9BrN2O2/c1-12-7-5-3-4-6(11)8(7)9(14)13(2)10(12)15/h3-5H,1-2H3. The third-order valence-corrected chi connectivity index (χ3v) is 3.11. The van der Waals surface area contributed by atoms with Gasteiger partial charge in [-0.25, -0.2) is 4.79 Å². The average molecular weight is 269 g/mol. The van der Waals surface area contributed by atoms with Crippen LogP contribution in [0.3, 0.4) is 0 Å². The van der Waals surface area contributed by atoms with Crippen LogP contribution in [0.4, 0.5) is 0 Å². The normalized spacial score (nSPS) is 10.9. The molecule has 0 aliphatic carbocycles. The minimum atomic E-state index is -0.314. The molecule has 4 nitrogen and oxygen atoms in total. The zero-order valence-corrected chi connectivity index (χ0v) is 9.91. The molecule has 1 aromatic heterocycles. The van der Waals surface area contributed by atoms with Gasteiger partial charge in [0.05, 0.1) is 10.9 Å². The SMILES string of the molecule is Cn1c(=O)c2c(Br)cccc2n(C)c1=O. The lowest BCUT2D eigenvalue weighted by molar-refractivity contribution is 0.713. The Hall–Kier alpha value is -1.36. The lowest BCUT2D eigenvalue weighted by Gasteiger charge is -2.07. The molecule has 0 N–H and O–H groups in total. The smallest absolute Gasteiger partial charge is 0.296 e. The molecule has 1 aromatic carbocycles. The topological polar surface area (TPSA) is 44.0 Å². The maximum atomic E-state index is 11.8. The van der Waals surface area contributed by atoms with Crippen LogP contribution in [0.25, 0.3) is 10.9 Å². The summed E-state index contributed by atoms with van der Waals surface area (Å²) < 4.78 is 3.27. The lowest BCUT2D eigenvalue weighted by Crippen LogP contribution is -2.37. The van der Waals surface area contributed by atoms with Crippen LogP contribution in [0.2, 0.25) is 0 Å². The van der Waals surface area contributed by atoms with Crippen LogP contribution in [0.5, 0.6) is 0 Å². The Balaban J connectivity index is 3.23. The minimum Gasteiger partial charge on any atom is -0.296 e. The number of nitrogens with zero attached hydrogens (tertiary/aromatic N) is 2. The van der Waals surface area contributed by atoms with Gasteiger partial charge in [0.2, 0.25) is 0 Å². The van der Waals surface area contributed by atoms with Crippen LogP contribution < -0.4 is 11.2 Å². The summed E-state index contributed by atoms with van der Waals surface area (Å²) in [5.41, 5.74) is 0.0450. The van der Waals surface area contributed by atoms with E-state index in [1.165, 1.54) is 11.6 Å². The van der Waals surface area contributed by atoms with Crippen molar-refractivity contribution in [3.05, 3.63) is 43.5 Å². The van der Waals surface area contributed by atoms with Crippen LogP contribution in [0.15, 0.2) is 32.3 Å². The molecule has 0 bridgehead atoms. The zero-order valence-electron chi connectivity index (χ0n) is 8.32. The molecule has 0 aliphatic heterocycles. The van der Waals surface area contributed by atoms with Crippen molar-refractivity contribution >= 4 is 26.8 Å². The molecule has 78 valence electrons. The number of aromatic nitrogens is 2. The second kappa shape index (κ2) is 3.34. The Kier molecular flexibility index (Phi) is 2.26. The predicted octanol–water partition coefficient (Wildman–Crippen LogP) is 1.000. The molecule has 1 heterocycles. The molecular formula is C10H9BrN2O2. The summed E-state index contributed by atoms with van der Waals surface area (Å²) in [6.07, 6.45) is 0. The first-order valence-electron chi connectivity index (χ1n) is 4.38. The maximum Gasteiger partial charge on any atom is 0.330 e. The Labute approximate surface area is 93.9 Å². The van der Waals surface area contributed by atoms with Crippen LogP contribution >= 0.6 is 15.9 Å². The van der Waals surface area contributed by atoms with E-state index in [1.807, 2.05) is 0 Å². The summed E-state index contributed by atoms with van der Waals surface area (Å²) >= 11 is 3.31. The highest BCUT2D eigenvalue weighted by Crippen LogP contribution is 2.18. The monoisotopic (exact) mass is 268 g/mol. The van der Waals surface area contributed by atoms with Crippen molar-refractivity contribution in [1.29, 1.82) is 0 Å². The fourth-order valence-corrected chi connectivity index (χ4v) is 2.11. The molecule has 0 aliphatic rings. The number of aryl methyl sites for hydroxylation is 1. The number of hydrogen-bond acceptors (Lipinski definition) is 2. The van der Waals surface area contributed by atoms with Crippen molar-refractivity contribution in [3.8, 4) is 0 Å². The van der Waals surface area contributed by atoms with Gasteiger partial charge in [-0.1, -0.05) is 6.07 Å². The van der Waals surface area contributed by atoms with Gasteiger partial charge >= 0.3 is 5.69 Å². The van der Waals surface area contributed by atoms with E-state index in [2.05, 4.69) is 15.9 Å². The molecule has 0 saturated heterocycles. The van der Waals surface area contributed by atoms with Crippen molar-refractivity contribution < 1.29 is 0 Å². The van der Waals surface area contributed by atoms with Crippen molar-refractivity contribution in [3.63, 3.8) is 0 Å². The van der Waals surface area contributed by atoms with Gasteiger partial charge in [-0.15, -0.1) is 0 Å². The molecule has 0 amide bonds. The number of fused-ring (bicyclic) bond motifs is 1. The van der Waals surface area contributed by atoms with Gasteiger partial charge < -0.3 is 0 Å². The third-order valence-electron chi connectivity index (χ3n) is 2.45. The van der Waals surface area contributed by atoms with Gasteiger partial charge in [0.15, 0.2) is 0 Å². The number of benzene rings is 1. The van der Waals surface area contributed by atoms with E-state index in [1.54, 1.807) is 25.2 Å².